The molecular weight excluding hydrogens is 150 g/mol. The lowest BCUT2D eigenvalue weighted by Gasteiger charge is -2.14. The van der Waals surface area contributed by atoms with Crippen LogP contribution in [-0.4, -0.2) is 26.8 Å². The molecule has 0 aliphatic heterocycles. The lowest BCUT2D eigenvalue weighted by atomic mass is 10.1. The quantitative estimate of drug-likeness (QED) is 0.590. The summed E-state index contributed by atoms with van der Waals surface area (Å²) in [6.07, 6.45) is 6.75. The Bertz CT molecular complexity index is 112. The van der Waals surface area contributed by atoms with Gasteiger partial charge in [-0.2, -0.15) is 0 Å². The van der Waals surface area contributed by atoms with Gasteiger partial charge in [0.1, 0.15) is 0 Å². The minimum Gasteiger partial charge on any atom is -0.385 e. The van der Waals surface area contributed by atoms with Gasteiger partial charge in [0.25, 0.3) is 0 Å². The van der Waals surface area contributed by atoms with Crippen molar-refractivity contribution in [3.8, 4) is 0 Å². The van der Waals surface area contributed by atoms with Gasteiger partial charge >= 0.3 is 0 Å². The van der Waals surface area contributed by atoms with Crippen molar-refractivity contribution < 1.29 is 4.74 Å². The van der Waals surface area contributed by atoms with E-state index in [1.54, 1.807) is 7.11 Å². The van der Waals surface area contributed by atoms with E-state index in [4.69, 9.17) is 4.74 Å². The molecule has 2 nitrogen and oxygen atoms in total. The van der Waals surface area contributed by atoms with Crippen molar-refractivity contribution in [2.75, 3.05) is 20.8 Å². The zero-order chi connectivity index (χ0) is 8.81. The summed E-state index contributed by atoms with van der Waals surface area (Å²) in [6, 6.07) is 0.729. The van der Waals surface area contributed by atoms with Crippen LogP contribution in [0.1, 0.15) is 32.1 Å². The first-order chi connectivity index (χ1) is 5.86. The Morgan fingerprint density at radius 1 is 1.50 bits per heavy atom. The lowest BCUT2D eigenvalue weighted by molar-refractivity contribution is 0.188. The third-order valence-electron chi connectivity index (χ3n) is 2.62. The van der Waals surface area contributed by atoms with Crippen molar-refractivity contribution in [1.82, 2.24) is 5.32 Å². The number of nitrogens with one attached hydrogen (secondary N) is 1. The molecule has 1 aliphatic carbocycles. The molecule has 0 spiro atoms. The Morgan fingerprint density at radius 2 is 2.25 bits per heavy atom. The Labute approximate surface area is 75.7 Å². The molecule has 72 valence electrons. The summed E-state index contributed by atoms with van der Waals surface area (Å²) >= 11 is 0. The second kappa shape index (κ2) is 5.55. The van der Waals surface area contributed by atoms with Crippen molar-refractivity contribution >= 4 is 0 Å². The highest BCUT2D eigenvalue weighted by Gasteiger charge is 2.24. The molecule has 1 saturated carbocycles. The molecule has 1 fully saturated rings. The van der Waals surface area contributed by atoms with E-state index in [0.29, 0.717) is 0 Å². The summed E-state index contributed by atoms with van der Waals surface area (Å²) in [6.45, 7) is 0.906. The highest BCUT2D eigenvalue weighted by molar-refractivity contribution is 4.79. The van der Waals surface area contributed by atoms with Gasteiger partial charge < -0.3 is 10.1 Å². The fraction of sp³-hybridized carbons (Fsp3) is 1.00. The SMILES string of the molecule is CNC(CCCOC)CC1CC1. The number of ether oxygens (including phenoxy) is 1. The third kappa shape index (κ3) is 4.07. The van der Waals surface area contributed by atoms with E-state index in [2.05, 4.69) is 12.4 Å². The summed E-state index contributed by atoms with van der Waals surface area (Å²) in [4.78, 5) is 0. The van der Waals surface area contributed by atoms with E-state index in [0.717, 1.165) is 18.6 Å². The van der Waals surface area contributed by atoms with Gasteiger partial charge in [-0.3, -0.25) is 0 Å². The van der Waals surface area contributed by atoms with Gasteiger partial charge in [0.15, 0.2) is 0 Å². The summed E-state index contributed by atoms with van der Waals surface area (Å²) in [5.41, 5.74) is 0. The molecule has 0 radical (unpaired) electrons. The first-order valence-corrected chi connectivity index (χ1v) is 5.03. The van der Waals surface area contributed by atoms with Crippen LogP contribution in [0.25, 0.3) is 0 Å². The van der Waals surface area contributed by atoms with E-state index in [1.165, 1.54) is 32.1 Å². The van der Waals surface area contributed by atoms with E-state index in [9.17, 15) is 0 Å². The largest absolute Gasteiger partial charge is 0.385 e. The minimum absolute atomic E-state index is 0.729. The molecule has 1 atom stereocenters. The number of rotatable bonds is 7. The average molecular weight is 171 g/mol. The van der Waals surface area contributed by atoms with Crippen LogP contribution in [0.2, 0.25) is 0 Å². The first kappa shape index (κ1) is 10.0. The molecule has 1 unspecified atom stereocenters. The predicted molar refractivity (Wildman–Crippen MR) is 51.3 cm³/mol. The Balaban J connectivity index is 1.98. The van der Waals surface area contributed by atoms with Crippen LogP contribution in [-0.2, 0) is 4.74 Å². The predicted octanol–water partition coefficient (Wildman–Crippen LogP) is 1.80. The molecule has 1 rings (SSSR count). The average Bonchev–Trinajstić information content (AvgIpc) is 2.87. The van der Waals surface area contributed by atoms with Crippen LogP contribution in [0, 0.1) is 5.92 Å². The van der Waals surface area contributed by atoms with E-state index < -0.39 is 0 Å². The molecule has 0 aromatic heterocycles. The van der Waals surface area contributed by atoms with Crippen molar-refractivity contribution in [3.05, 3.63) is 0 Å². The van der Waals surface area contributed by atoms with Crippen LogP contribution in [0.4, 0.5) is 0 Å². The normalized spacial score (nSPS) is 19.5. The zero-order valence-electron chi connectivity index (χ0n) is 8.31. The van der Waals surface area contributed by atoms with Crippen LogP contribution < -0.4 is 5.32 Å². The molecule has 0 bridgehead atoms. The Kier molecular flexibility index (Phi) is 4.62. The maximum Gasteiger partial charge on any atom is 0.0462 e. The second-order valence-corrected chi connectivity index (χ2v) is 3.80. The molecule has 2 heteroatoms. The van der Waals surface area contributed by atoms with Crippen molar-refractivity contribution in [2.45, 2.75) is 38.1 Å². The minimum atomic E-state index is 0.729. The smallest absolute Gasteiger partial charge is 0.0462 e. The summed E-state index contributed by atoms with van der Waals surface area (Å²) < 4.78 is 5.03. The lowest BCUT2D eigenvalue weighted by Crippen LogP contribution is -2.25. The summed E-state index contributed by atoms with van der Waals surface area (Å²) in [5.74, 6) is 1.03. The monoisotopic (exact) mass is 171 g/mol. The first-order valence-electron chi connectivity index (χ1n) is 5.03. The molecule has 0 heterocycles. The van der Waals surface area contributed by atoms with E-state index in [-0.39, 0.29) is 0 Å². The number of hydrogen-bond acceptors (Lipinski definition) is 2. The van der Waals surface area contributed by atoms with Crippen LogP contribution >= 0.6 is 0 Å². The maximum absolute atomic E-state index is 5.03. The van der Waals surface area contributed by atoms with Crippen molar-refractivity contribution in [1.29, 1.82) is 0 Å². The van der Waals surface area contributed by atoms with Gasteiger partial charge in [0, 0.05) is 19.8 Å². The number of hydrogen-bond donors (Lipinski definition) is 1. The van der Waals surface area contributed by atoms with Gasteiger partial charge in [0.2, 0.25) is 0 Å². The molecule has 0 amide bonds. The second-order valence-electron chi connectivity index (χ2n) is 3.80. The van der Waals surface area contributed by atoms with Crippen molar-refractivity contribution in [2.24, 2.45) is 5.92 Å². The van der Waals surface area contributed by atoms with Gasteiger partial charge in [-0.15, -0.1) is 0 Å². The molecule has 0 aromatic rings. The van der Waals surface area contributed by atoms with Gasteiger partial charge in [0.05, 0.1) is 0 Å². The molecule has 0 saturated heterocycles. The molecular formula is C10H21NO. The van der Waals surface area contributed by atoms with E-state index in [1.807, 2.05) is 0 Å². The highest BCUT2D eigenvalue weighted by Crippen LogP contribution is 2.34. The van der Waals surface area contributed by atoms with Gasteiger partial charge in [-0.05, 0) is 32.2 Å². The standard InChI is InChI=1S/C10H21NO/c1-11-10(4-3-7-12-2)8-9-5-6-9/h9-11H,3-8H2,1-2H3. The van der Waals surface area contributed by atoms with Crippen LogP contribution in [0.15, 0.2) is 0 Å². The van der Waals surface area contributed by atoms with E-state index >= 15 is 0 Å². The number of methoxy groups -OCH3 is 1. The zero-order valence-corrected chi connectivity index (χ0v) is 8.31. The van der Waals surface area contributed by atoms with Gasteiger partial charge in [-0.25, -0.2) is 0 Å². The van der Waals surface area contributed by atoms with Crippen LogP contribution in [0.3, 0.4) is 0 Å². The topological polar surface area (TPSA) is 21.3 Å². The van der Waals surface area contributed by atoms with Crippen molar-refractivity contribution in [3.63, 3.8) is 0 Å². The van der Waals surface area contributed by atoms with Gasteiger partial charge in [-0.1, -0.05) is 12.8 Å². The van der Waals surface area contributed by atoms with Crippen LogP contribution in [0.5, 0.6) is 0 Å². The molecule has 12 heavy (non-hydrogen) atoms. The third-order valence-corrected chi connectivity index (χ3v) is 2.62. The molecule has 0 aromatic carbocycles. The molecule has 1 N–H and O–H groups in total. The highest BCUT2D eigenvalue weighted by atomic mass is 16.5. The Morgan fingerprint density at radius 3 is 2.75 bits per heavy atom. The summed E-state index contributed by atoms with van der Waals surface area (Å²) in [5, 5.41) is 3.38. The fourth-order valence-electron chi connectivity index (χ4n) is 1.61. The molecule has 1 aliphatic rings. The fourth-order valence-corrected chi connectivity index (χ4v) is 1.61. The maximum atomic E-state index is 5.03. The summed E-state index contributed by atoms with van der Waals surface area (Å²) in [7, 11) is 3.84. The Hall–Kier alpha value is -0.0800.